The van der Waals surface area contributed by atoms with E-state index in [0.717, 1.165) is 30.4 Å². The first kappa shape index (κ1) is 10.8. The topological polar surface area (TPSA) is 26.3 Å². The van der Waals surface area contributed by atoms with E-state index in [2.05, 4.69) is 26.8 Å². The van der Waals surface area contributed by atoms with Crippen LogP contribution in [0.2, 0.25) is 0 Å². The molecular formula is C15H18O2. The first-order valence-corrected chi connectivity index (χ1v) is 6.25. The van der Waals surface area contributed by atoms with Crippen molar-refractivity contribution in [2.75, 3.05) is 6.61 Å². The largest absolute Gasteiger partial charge is 0.457 e. The van der Waals surface area contributed by atoms with Crippen LogP contribution in [-0.2, 0) is 9.53 Å². The lowest BCUT2D eigenvalue weighted by Gasteiger charge is -2.14. The lowest BCUT2D eigenvalue weighted by atomic mass is 9.90. The fraction of sp³-hybridized carbons (Fsp3) is 0.533. The highest BCUT2D eigenvalue weighted by Gasteiger charge is 2.35. The molecule has 0 bridgehead atoms. The molecule has 1 saturated carbocycles. The van der Waals surface area contributed by atoms with Crippen molar-refractivity contribution in [3.8, 4) is 0 Å². The minimum Gasteiger partial charge on any atom is -0.457 e. The van der Waals surface area contributed by atoms with Crippen LogP contribution in [0, 0.1) is 5.41 Å². The highest BCUT2D eigenvalue weighted by molar-refractivity contribution is 5.93. The Morgan fingerprint density at radius 3 is 2.76 bits per heavy atom. The molecule has 0 saturated heterocycles. The van der Waals surface area contributed by atoms with Gasteiger partial charge in [-0.05, 0) is 36.3 Å². The number of hydrogen-bond donors (Lipinski definition) is 0. The summed E-state index contributed by atoms with van der Waals surface area (Å²) >= 11 is 0. The third-order valence-electron chi connectivity index (χ3n) is 4.01. The molecule has 17 heavy (non-hydrogen) atoms. The highest BCUT2D eigenvalue weighted by atomic mass is 16.5. The molecule has 1 aliphatic heterocycles. The van der Waals surface area contributed by atoms with Gasteiger partial charge in [-0.1, -0.05) is 25.5 Å². The molecule has 0 aromatic heterocycles. The summed E-state index contributed by atoms with van der Waals surface area (Å²) in [6.45, 7) is 7.26. The zero-order valence-corrected chi connectivity index (χ0v) is 10.7. The van der Waals surface area contributed by atoms with Gasteiger partial charge in [0.15, 0.2) is 0 Å². The van der Waals surface area contributed by atoms with Gasteiger partial charge < -0.3 is 4.74 Å². The summed E-state index contributed by atoms with van der Waals surface area (Å²) in [6.07, 6.45) is 5.24. The van der Waals surface area contributed by atoms with E-state index < -0.39 is 0 Å². The number of fused-ring (bicyclic) bond motifs is 1. The molecule has 3 aliphatic rings. The lowest BCUT2D eigenvalue weighted by molar-refractivity contribution is -0.136. The molecule has 0 aromatic rings. The summed E-state index contributed by atoms with van der Waals surface area (Å²) in [5.41, 5.74) is 6.62. The van der Waals surface area contributed by atoms with Crippen LogP contribution in [0.3, 0.4) is 0 Å². The van der Waals surface area contributed by atoms with Gasteiger partial charge in [0, 0.05) is 17.6 Å². The third-order valence-corrected chi connectivity index (χ3v) is 4.01. The maximum atomic E-state index is 11.6. The van der Waals surface area contributed by atoms with E-state index in [0.29, 0.717) is 12.0 Å². The van der Waals surface area contributed by atoms with Crippen LogP contribution in [-0.4, -0.2) is 12.6 Å². The van der Waals surface area contributed by atoms with Crippen molar-refractivity contribution in [1.29, 1.82) is 0 Å². The second-order valence-electron chi connectivity index (χ2n) is 6.20. The smallest absolute Gasteiger partial charge is 0.335 e. The molecule has 3 rings (SSSR count). The molecule has 90 valence electrons. The Hall–Kier alpha value is -1.31. The summed E-state index contributed by atoms with van der Waals surface area (Å²) in [4.78, 5) is 11.6. The van der Waals surface area contributed by atoms with E-state index >= 15 is 0 Å². The fourth-order valence-electron chi connectivity index (χ4n) is 3.19. The van der Waals surface area contributed by atoms with Crippen molar-refractivity contribution in [2.24, 2.45) is 5.41 Å². The third kappa shape index (κ3) is 1.67. The fourth-order valence-corrected chi connectivity index (χ4v) is 3.19. The Labute approximate surface area is 102 Å². The predicted molar refractivity (Wildman–Crippen MR) is 66.4 cm³/mol. The molecule has 0 radical (unpaired) electrons. The normalized spacial score (nSPS) is 26.5. The van der Waals surface area contributed by atoms with E-state index in [1.165, 1.54) is 16.7 Å². The van der Waals surface area contributed by atoms with Crippen molar-refractivity contribution in [3.63, 3.8) is 0 Å². The Bertz CT molecular complexity index is 501. The van der Waals surface area contributed by atoms with Gasteiger partial charge in [0.05, 0.1) is 0 Å². The van der Waals surface area contributed by atoms with Gasteiger partial charge in [-0.15, -0.1) is 0 Å². The van der Waals surface area contributed by atoms with E-state index in [9.17, 15) is 4.79 Å². The summed E-state index contributed by atoms with van der Waals surface area (Å²) in [6, 6.07) is 0. The van der Waals surface area contributed by atoms with Crippen molar-refractivity contribution in [3.05, 3.63) is 33.9 Å². The number of esters is 1. The molecule has 0 atom stereocenters. The molecular weight excluding hydrogens is 212 g/mol. The second-order valence-corrected chi connectivity index (χ2v) is 6.20. The van der Waals surface area contributed by atoms with Crippen LogP contribution >= 0.6 is 0 Å². The van der Waals surface area contributed by atoms with Crippen molar-refractivity contribution >= 4 is 5.97 Å². The molecule has 2 aliphatic carbocycles. The maximum Gasteiger partial charge on any atom is 0.335 e. The molecule has 0 N–H and O–H groups in total. The zero-order chi connectivity index (χ0) is 12.2. The standard InChI is InChI=1S/C15H18O2/c1-9-4-12-11(8-17-14(12)16)5-10-6-15(2,3)7-13(9)10/h5H,4,6-8H2,1-3H3. The molecule has 2 nitrogen and oxygen atoms in total. The summed E-state index contributed by atoms with van der Waals surface area (Å²) < 4.78 is 5.12. The van der Waals surface area contributed by atoms with Gasteiger partial charge in [0.25, 0.3) is 0 Å². The molecule has 0 spiro atoms. The summed E-state index contributed by atoms with van der Waals surface area (Å²) in [5.74, 6) is -0.115. The lowest BCUT2D eigenvalue weighted by Crippen LogP contribution is -2.04. The number of ether oxygens (including phenoxy) is 1. The average molecular weight is 230 g/mol. The number of hydrogen-bond acceptors (Lipinski definition) is 2. The molecule has 0 unspecified atom stereocenters. The van der Waals surface area contributed by atoms with Gasteiger partial charge >= 0.3 is 5.97 Å². The Morgan fingerprint density at radius 2 is 2.00 bits per heavy atom. The highest BCUT2D eigenvalue weighted by Crippen LogP contribution is 2.48. The van der Waals surface area contributed by atoms with Crippen molar-refractivity contribution in [1.82, 2.24) is 0 Å². The van der Waals surface area contributed by atoms with Crippen molar-refractivity contribution in [2.45, 2.75) is 40.0 Å². The quantitative estimate of drug-likeness (QED) is 0.597. The van der Waals surface area contributed by atoms with Crippen LogP contribution < -0.4 is 0 Å². The van der Waals surface area contributed by atoms with Gasteiger partial charge in [0.2, 0.25) is 0 Å². The Morgan fingerprint density at radius 1 is 1.24 bits per heavy atom. The molecule has 0 amide bonds. The van der Waals surface area contributed by atoms with Gasteiger partial charge in [-0.2, -0.15) is 0 Å². The minimum absolute atomic E-state index is 0.115. The Kier molecular flexibility index (Phi) is 2.13. The van der Waals surface area contributed by atoms with E-state index in [1.54, 1.807) is 0 Å². The SMILES string of the molecule is CC1=C2CC(C)(C)CC2=CC2=C(C1)C(=O)OC2. The van der Waals surface area contributed by atoms with Gasteiger partial charge in [-0.3, -0.25) is 0 Å². The number of rotatable bonds is 0. The molecule has 1 heterocycles. The number of carbonyl (C=O) groups excluding carboxylic acids is 1. The molecule has 1 fully saturated rings. The number of cyclic esters (lactones) is 1. The number of carbonyl (C=O) groups is 1. The van der Waals surface area contributed by atoms with E-state index in [1.807, 2.05) is 0 Å². The van der Waals surface area contributed by atoms with Crippen LogP contribution in [0.4, 0.5) is 0 Å². The van der Waals surface area contributed by atoms with E-state index in [4.69, 9.17) is 4.74 Å². The Balaban J connectivity index is 2.09. The minimum atomic E-state index is -0.115. The van der Waals surface area contributed by atoms with Gasteiger partial charge in [0.1, 0.15) is 6.61 Å². The molecule has 2 heteroatoms. The van der Waals surface area contributed by atoms with Crippen LogP contribution in [0.1, 0.15) is 40.0 Å². The zero-order valence-electron chi connectivity index (χ0n) is 10.7. The van der Waals surface area contributed by atoms with E-state index in [-0.39, 0.29) is 5.97 Å². The van der Waals surface area contributed by atoms with Crippen LogP contribution in [0.5, 0.6) is 0 Å². The number of allylic oxidation sites excluding steroid dienone is 3. The van der Waals surface area contributed by atoms with Gasteiger partial charge in [-0.25, -0.2) is 4.79 Å². The first-order chi connectivity index (χ1) is 7.96. The summed E-state index contributed by atoms with van der Waals surface area (Å²) in [7, 11) is 0. The monoisotopic (exact) mass is 230 g/mol. The maximum absolute atomic E-state index is 11.6. The van der Waals surface area contributed by atoms with Crippen LogP contribution in [0.15, 0.2) is 33.9 Å². The average Bonchev–Trinajstić information content (AvgIpc) is 2.68. The summed E-state index contributed by atoms with van der Waals surface area (Å²) in [5, 5.41) is 0. The van der Waals surface area contributed by atoms with Crippen molar-refractivity contribution < 1.29 is 9.53 Å². The first-order valence-electron chi connectivity index (χ1n) is 6.25. The van der Waals surface area contributed by atoms with Crippen LogP contribution in [0.25, 0.3) is 0 Å². The predicted octanol–water partition coefficient (Wildman–Crippen LogP) is 3.31. The second kappa shape index (κ2) is 3.34. The molecule has 0 aromatic carbocycles.